The quantitative estimate of drug-likeness (QED) is 0.229. The summed E-state index contributed by atoms with van der Waals surface area (Å²) < 4.78 is 12.4. The number of nitrogens with zero attached hydrogens (tertiary/aromatic N) is 1. The lowest BCUT2D eigenvalue weighted by Crippen LogP contribution is -2.42. The minimum Gasteiger partial charge on any atom is -0.480 e. The summed E-state index contributed by atoms with van der Waals surface area (Å²) in [7, 11) is 0. The number of benzene rings is 4. The van der Waals surface area contributed by atoms with Gasteiger partial charge in [-0.3, -0.25) is 4.57 Å². The van der Waals surface area contributed by atoms with Crippen molar-refractivity contribution < 1.29 is 29.0 Å². The first-order valence-electron chi connectivity index (χ1n) is 13.6. The highest BCUT2D eigenvalue weighted by molar-refractivity contribution is 5.92. The number of carbonyl (C=O) groups is 3. The molecule has 210 valence electrons. The van der Waals surface area contributed by atoms with Gasteiger partial charge in [0.2, 0.25) is 0 Å². The Kier molecular flexibility index (Phi) is 7.43. The summed E-state index contributed by atoms with van der Waals surface area (Å²) in [6.45, 7) is 0.168. The van der Waals surface area contributed by atoms with E-state index in [0.29, 0.717) is 16.5 Å². The van der Waals surface area contributed by atoms with E-state index in [0.717, 1.165) is 27.8 Å². The van der Waals surface area contributed by atoms with Crippen LogP contribution in [0.1, 0.15) is 28.2 Å². The van der Waals surface area contributed by atoms with Crippen LogP contribution in [0.2, 0.25) is 0 Å². The third-order valence-electron chi connectivity index (χ3n) is 7.55. The van der Waals surface area contributed by atoms with Crippen LogP contribution in [-0.2, 0) is 27.3 Å². The fourth-order valence-electron chi connectivity index (χ4n) is 5.56. The molecule has 0 saturated carbocycles. The molecule has 4 aromatic carbocycles. The third kappa shape index (κ3) is 5.34. The predicted octanol–water partition coefficient (Wildman–Crippen LogP) is 6.36. The first-order chi connectivity index (χ1) is 20.5. The lowest BCUT2D eigenvalue weighted by Gasteiger charge is -2.17. The van der Waals surface area contributed by atoms with E-state index in [1.54, 1.807) is 30.5 Å². The molecule has 0 radical (unpaired) electrons. The normalized spacial score (nSPS) is 12.8. The molecule has 1 heterocycles. The van der Waals surface area contributed by atoms with Crippen molar-refractivity contribution in [3.8, 4) is 11.1 Å². The predicted molar refractivity (Wildman–Crippen MR) is 157 cm³/mol. The van der Waals surface area contributed by atoms with Gasteiger partial charge in [0, 0.05) is 23.9 Å². The number of hydrogen-bond acceptors (Lipinski definition) is 5. The van der Waals surface area contributed by atoms with E-state index >= 15 is 0 Å². The molecule has 5 aromatic rings. The Balaban J connectivity index is 1.15. The zero-order valence-corrected chi connectivity index (χ0v) is 22.6. The largest absolute Gasteiger partial charge is 0.480 e. The lowest BCUT2D eigenvalue weighted by atomic mass is 9.98. The second kappa shape index (κ2) is 11.6. The Labute approximate surface area is 242 Å². The number of alkyl carbamates (subject to hydrolysis) is 1. The number of carbonyl (C=O) groups excluding carboxylic acids is 2. The first-order valence-corrected chi connectivity index (χ1v) is 13.6. The third-order valence-corrected chi connectivity index (χ3v) is 7.55. The van der Waals surface area contributed by atoms with E-state index in [1.165, 1.54) is 4.57 Å². The number of rotatable bonds is 8. The summed E-state index contributed by atoms with van der Waals surface area (Å²) in [6.07, 6.45) is 0.0970. The highest BCUT2D eigenvalue weighted by atomic mass is 16.6. The highest BCUT2D eigenvalue weighted by Gasteiger charge is 2.30. The summed E-state index contributed by atoms with van der Waals surface area (Å²) >= 11 is 0. The Bertz CT molecular complexity index is 1730. The molecule has 8 nitrogen and oxygen atoms in total. The van der Waals surface area contributed by atoms with Crippen LogP contribution in [0.25, 0.3) is 22.0 Å². The zero-order chi connectivity index (χ0) is 29.1. The molecule has 0 bridgehead atoms. The molecule has 0 spiro atoms. The number of fused-ring (bicyclic) bond motifs is 4. The van der Waals surface area contributed by atoms with E-state index in [1.807, 2.05) is 78.9 Å². The van der Waals surface area contributed by atoms with Crippen LogP contribution in [0.5, 0.6) is 0 Å². The molecule has 1 aliphatic rings. The van der Waals surface area contributed by atoms with Gasteiger partial charge < -0.3 is 19.9 Å². The van der Waals surface area contributed by atoms with Gasteiger partial charge >= 0.3 is 18.2 Å². The van der Waals surface area contributed by atoms with Crippen LogP contribution in [0.3, 0.4) is 0 Å². The maximum atomic E-state index is 13.0. The fourth-order valence-corrected chi connectivity index (χ4v) is 5.56. The van der Waals surface area contributed by atoms with Crippen molar-refractivity contribution in [3.63, 3.8) is 0 Å². The van der Waals surface area contributed by atoms with Gasteiger partial charge in [0.05, 0.1) is 5.52 Å². The van der Waals surface area contributed by atoms with Crippen molar-refractivity contribution in [2.24, 2.45) is 0 Å². The van der Waals surface area contributed by atoms with E-state index in [2.05, 4.69) is 5.32 Å². The van der Waals surface area contributed by atoms with Gasteiger partial charge in [0.15, 0.2) is 0 Å². The molecular formula is C34H28N2O6. The Morgan fingerprint density at radius 3 is 2.10 bits per heavy atom. The minimum atomic E-state index is -1.28. The second-order valence-electron chi connectivity index (χ2n) is 10.1. The monoisotopic (exact) mass is 560 g/mol. The number of aliphatic carboxylic acids is 1. The topological polar surface area (TPSA) is 107 Å². The van der Waals surface area contributed by atoms with Gasteiger partial charge in [0.25, 0.3) is 0 Å². The summed E-state index contributed by atoms with van der Waals surface area (Å²) in [4.78, 5) is 38.0. The first kappa shape index (κ1) is 26.8. The van der Waals surface area contributed by atoms with Crippen LogP contribution in [-0.4, -0.2) is 40.5 Å². The number of ether oxygens (including phenoxy) is 2. The molecule has 0 unspecified atom stereocenters. The molecule has 0 aliphatic heterocycles. The number of para-hydroxylation sites is 1. The number of carboxylic acid groups (broad SMARTS) is 1. The summed E-state index contributed by atoms with van der Waals surface area (Å²) in [5, 5.41) is 13.1. The smallest absolute Gasteiger partial charge is 0.418 e. The van der Waals surface area contributed by atoms with Crippen LogP contribution in [0.4, 0.5) is 9.59 Å². The summed E-state index contributed by atoms with van der Waals surface area (Å²) in [5.41, 5.74) is 6.33. The Morgan fingerprint density at radius 1 is 0.786 bits per heavy atom. The number of nitrogens with one attached hydrogen (secondary N) is 1. The number of hydrogen-bond donors (Lipinski definition) is 2. The highest BCUT2D eigenvalue weighted by Crippen LogP contribution is 2.44. The summed E-state index contributed by atoms with van der Waals surface area (Å²) in [5.74, 6) is -1.36. The van der Waals surface area contributed by atoms with E-state index in [-0.39, 0.29) is 25.6 Å². The standard InChI is InChI=1S/C34H28N2O6/c37-32(38)30(35-33(39)41-21-29-27-15-6-4-13-25(27)26-14-5-7-16-28(26)29)18-23-19-36(31-17-9-8-12-24(23)31)34(40)42-20-22-10-2-1-3-11-22/h1-17,19,29-30H,18,20-21H2,(H,35,39)(H,37,38)/t30-/m0/s1. The molecule has 42 heavy (non-hydrogen) atoms. The maximum Gasteiger partial charge on any atom is 0.418 e. The number of aromatic nitrogens is 1. The lowest BCUT2D eigenvalue weighted by molar-refractivity contribution is -0.139. The van der Waals surface area contributed by atoms with E-state index < -0.39 is 24.2 Å². The number of amides is 1. The molecule has 1 aliphatic carbocycles. The molecule has 8 heteroatoms. The zero-order valence-electron chi connectivity index (χ0n) is 22.6. The van der Waals surface area contributed by atoms with Crippen LogP contribution in [0, 0.1) is 0 Å². The van der Waals surface area contributed by atoms with Gasteiger partial charge in [-0.25, -0.2) is 14.4 Å². The van der Waals surface area contributed by atoms with Gasteiger partial charge in [0.1, 0.15) is 19.3 Å². The molecule has 0 fully saturated rings. The van der Waals surface area contributed by atoms with Crippen molar-refractivity contribution in [2.75, 3.05) is 6.61 Å². The Morgan fingerprint density at radius 2 is 1.40 bits per heavy atom. The van der Waals surface area contributed by atoms with Crippen molar-refractivity contribution in [1.82, 2.24) is 9.88 Å². The molecule has 1 aromatic heterocycles. The molecule has 1 atom stereocenters. The van der Waals surface area contributed by atoms with Gasteiger partial charge in [-0.15, -0.1) is 0 Å². The molecule has 2 N–H and O–H groups in total. The molecule has 6 rings (SSSR count). The van der Waals surface area contributed by atoms with Crippen molar-refractivity contribution in [1.29, 1.82) is 0 Å². The summed E-state index contributed by atoms with van der Waals surface area (Å²) in [6, 6.07) is 31.2. The molecule has 0 saturated heterocycles. The van der Waals surface area contributed by atoms with Crippen LogP contribution in [0.15, 0.2) is 109 Å². The van der Waals surface area contributed by atoms with Crippen LogP contribution >= 0.6 is 0 Å². The van der Waals surface area contributed by atoms with Gasteiger partial charge in [-0.1, -0.05) is 97.1 Å². The average molecular weight is 561 g/mol. The number of carboxylic acids is 1. The van der Waals surface area contributed by atoms with Gasteiger partial charge in [-0.05, 0) is 39.4 Å². The van der Waals surface area contributed by atoms with Crippen LogP contribution < -0.4 is 5.32 Å². The Hall–Kier alpha value is -5.37. The van der Waals surface area contributed by atoms with E-state index in [9.17, 15) is 19.5 Å². The van der Waals surface area contributed by atoms with Crippen molar-refractivity contribution in [3.05, 3.63) is 132 Å². The fraction of sp³-hybridized carbons (Fsp3) is 0.147. The molecular weight excluding hydrogens is 532 g/mol. The minimum absolute atomic E-state index is 0.0565. The van der Waals surface area contributed by atoms with Crippen molar-refractivity contribution in [2.45, 2.75) is 25.0 Å². The second-order valence-corrected chi connectivity index (χ2v) is 10.1. The SMILES string of the molecule is O=C(N[C@@H](Cc1cn(C(=O)OCc2ccccc2)c2ccccc12)C(=O)O)OCC1c2ccccc2-c2ccccc21. The van der Waals surface area contributed by atoms with Gasteiger partial charge in [-0.2, -0.15) is 0 Å². The average Bonchev–Trinajstić information content (AvgIpc) is 3.55. The van der Waals surface area contributed by atoms with Crippen molar-refractivity contribution >= 4 is 29.1 Å². The maximum absolute atomic E-state index is 13.0. The van der Waals surface area contributed by atoms with E-state index in [4.69, 9.17) is 9.47 Å². The molecule has 1 amide bonds.